The third-order valence-corrected chi connectivity index (χ3v) is 2.64. The zero-order valence-electron chi connectivity index (χ0n) is 10.8. The summed E-state index contributed by atoms with van der Waals surface area (Å²) in [6.07, 6.45) is 1.86. The normalized spacial score (nSPS) is 10.2. The highest BCUT2D eigenvalue weighted by Crippen LogP contribution is 2.21. The Morgan fingerprint density at radius 1 is 1.11 bits per heavy atom. The zero-order chi connectivity index (χ0) is 13.5. The van der Waals surface area contributed by atoms with Crippen molar-refractivity contribution >= 4 is 5.57 Å². The van der Waals surface area contributed by atoms with Crippen LogP contribution >= 0.6 is 0 Å². The Hall–Kier alpha value is -2.52. The second-order valence-corrected chi connectivity index (χ2v) is 4.06. The van der Waals surface area contributed by atoms with Crippen LogP contribution < -0.4 is 0 Å². The second-order valence-electron chi connectivity index (χ2n) is 4.06. The predicted molar refractivity (Wildman–Crippen MR) is 72.0 cm³/mol. The van der Waals surface area contributed by atoms with Gasteiger partial charge in [-0.25, -0.2) is 0 Å². The van der Waals surface area contributed by atoms with Gasteiger partial charge < -0.3 is 4.90 Å². The molecule has 18 heavy (non-hydrogen) atoms. The molecule has 0 aromatic heterocycles. The average Bonchev–Trinajstić information content (AvgIpc) is 2.39. The summed E-state index contributed by atoms with van der Waals surface area (Å²) in [6.45, 7) is 1.94. The van der Waals surface area contributed by atoms with E-state index < -0.39 is 0 Å². The SMILES string of the molecule is C/C(=C\C(=C(C#N)C#N)c1ccccc1)N(C)C. The summed E-state index contributed by atoms with van der Waals surface area (Å²) in [4.78, 5) is 1.94. The van der Waals surface area contributed by atoms with Crippen molar-refractivity contribution in [3.63, 3.8) is 0 Å². The van der Waals surface area contributed by atoms with Crippen LogP contribution in [0.4, 0.5) is 0 Å². The molecule has 0 bridgehead atoms. The quantitative estimate of drug-likeness (QED) is 0.600. The molecular formula is C15H15N3. The maximum Gasteiger partial charge on any atom is 0.137 e. The smallest absolute Gasteiger partial charge is 0.137 e. The van der Waals surface area contributed by atoms with Crippen LogP contribution in [0.15, 0.2) is 47.7 Å². The molecule has 1 rings (SSSR count). The van der Waals surface area contributed by atoms with Gasteiger partial charge in [-0.1, -0.05) is 30.3 Å². The highest BCUT2D eigenvalue weighted by atomic mass is 15.1. The van der Waals surface area contributed by atoms with Crippen LogP contribution in [0.1, 0.15) is 12.5 Å². The Bertz CT molecular complexity index is 536. The molecule has 0 aliphatic heterocycles. The van der Waals surface area contributed by atoms with Crippen molar-refractivity contribution in [2.75, 3.05) is 14.1 Å². The minimum atomic E-state index is 0.127. The van der Waals surface area contributed by atoms with E-state index in [1.54, 1.807) is 0 Å². The number of nitrogens with zero attached hydrogens (tertiary/aromatic N) is 3. The molecule has 0 unspecified atom stereocenters. The third kappa shape index (κ3) is 3.23. The van der Waals surface area contributed by atoms with E-state index in [1.807, 2.05) is 74.5 Å². The highest BCUT2D eigenvalue weighted by Gasteiger charge is 2.07. The summed E-state index contributed by atoms with van der Waals surface area (Å²) in [5.41, 5.74) is 2.64. The molecule has 0 aliphatic rings. The van der Waals surface area contributed by atoms with Gasteiger partial charge in [-0.15, -0.1) is 0 Å². The largest absolute Gasteiger partial charge is 0.381 e. The average molecular weight is 237 g/mol. The molecule has 0 spiro atoms. The van der Waals surface area contributed by atoms with E-state index in [1.165, 1.54) is 0 Å². The molecule has 0 amide bonds. The van der Waals surface area contributed by atoms with Crippen LogP contribution in [-0.2, 0) is 0 Å². The Morgan fingerprint density at radius 3 is 2.11 bits per heavy atom. The first-order valence-corrected chi connectivity index (χ1v) is 5.55. The number of hydrogen-bond donors (Lipinski definition) is 0. The molecule has 0 saturated carbocycles. The van der Waals surface area contributed by atoms with Gasteiger partial charge in [0.05, 0.1) is 0 Å². The van der Waals surface area contributed by atoms with Crippen molar-refractivity contribution in [2.45, 2.75) is 6.92 Å². The van der Waals surface area contributed by atoms with Crippen molar-refractivity contribution < 1.29 is 0 Å². The monoisotopic (exact) mass is 237 g/mol. The van der Waals surface area contributed by atoms with Crippen LogP contribution in [0.2, 0.25) is 0 Å². The molecule has 0 saturated heterocycles. The molecule has 0 radical (unpaired) electrons. The van der Waals surface area contributed by atoms with Gasteiger partial charge in [-0.2, -0.15) is 10.5 Å². The summed E-state index contributed by atoms with van der Waals surface area (Å²) in [5.74, 6) is 0. The van der Waals surface area contributed by atoms with Crippen LogP contribution in [0.5, 0.6) is 0 Å². The maximum absolute atomic E-state index is 9.04. The Kier molecular flexibility index (Phi) is 4.72. The van der Waals surface area contributed by atoms with Crippen molar-refractivity contribution in [1.29, 1.82) is 10.5 Å². The van der Waals surface area contributed by atoms with E-state index in [0.29, 0.717) is 5.57 Å². The molecule has 1 aromatic rings. The van der Waals surface area contributed by atoms with Crippen LogP contribution in [0.3, 0.4) is 0 Å². The lowest BCUT2D eigenvalue weighted by molar-refractivity contribution is 0.514. The fraction of sp³-hybridized carbons (Fsp3) is 0.200. The summed E-state index contributed by atoms with van der Waals surface area (Å²) in [7, 11) is 3.85. The zero-order valence-corrected chi connectivity index (χ0v) is 10.8. The van der Waals surface area contributed by atoms with E-state index in [9.17, 15) is 0 Å². The number of hydrogen-bond acceptors (Lipinski definition) is 3. The minimum absolute atomic E-state index is 0.127. The summed E-state index contributed by atoms with van der Waals surface area (Å²) in [6, 6.07) is 13.4. The number of allylic oxidation sites excluding steroid dienone is 4. The fourth-order valence-corrected chi connectivity index (χ4v) is 1.40. The fourth-order valence-electron chi connectivity index (χ4n) is 1.40. The van der Waals surface area contributed by atoms with Crippen molar-refractivity contribution in [1.82, 2.24) is 4.90 Å². The molecule has 0 heterocycles. The molecule has 0 atom stereocenters. The molecule has 90 valence electrons. The van der Waals surface area contributed by atoms with E-state index >= 15 is 0 Å². The lowest BCUT2D eigenvalue weighted by atomic mass is 10.00. The first-order chi connectivity index (χ1) is 8.60. The molecule has 0 aliphatic carbocycles. The summed E-state index contributed by atoms with van der Waals surface area (Å²) < 4.78 is 0. The second kappa shape index (κ2) is 6.27. The molecule has 0 N–H and O–H groups in total. The van der Waals surface area contributed by atoms with Gasteiger partial charge in [-0.3, -0.25) is 0 Å². The molecule has 3 nitrogen and oxygen atoms in total. The van der Waals surface area contributed by atoms with Gasteiger partial charge in [0.2, 0.25) is 0 Å². The predicted octanol–water partition coefficient (Wildman–Crippen LogP) is 2.95. The van der Waals surface area contributed by atoms with Crippen molar-refractivity contribution in [3.05, 3.63) is 53.2 Å². The molecule has 0 fully saturated rings. The molecular weight excluding hydrogens is 222 g/mol. The first kappa shape index (κ1) is 13.5. The van der Waals surface area contributed by atoms with Gasteiger partial charge in [-0.05, 0) is 18.6 Å². The van der Waals surface area contributed by atoms with Crippen LogP contribution in [0, 0.1) is 22.7 Å². The lowest BCUT2D eigenvalue weighted by Crippen LogP contribution is -2.08. The Morgan fingerprint density at radius 2 is 1.67 bits per heavy atom. The van der Waals surface area contributed by atoms with Gasteiger partial charge >= 0.3 is 0 Å². The van der Waals surface area contributed by atoms with Gasteiger partial charge in [0.1, 0.15) is 17.7 Å². The molecule has 3 heteroatoms. The topological polar surface area (TPSA) is 50.8 Å². The maximum atomic E-state index is 9.04. The summed E-state index contributed by atoms with van der Waals surface area (Å²) in [5, 5.41) is 18.1. The van der Waals surface area contributed by atoms with Crippen molar-refractivity contribution in [3.8, 4) is 12.1 Å². The Labute approximate surface area is 108 Å². The summed E-state index contributed by atoms with van der Waals surface area (Å²) >= 11 is 0. The highest BCUT2D eigenvalue weighted by molar-refractivity contribution is 5.82. The van der Waals surface area contributed by atoms with Gasteiger partial charge in [0, 0.05) is 25.4 Å². The van der Waals surface area contributed by atoms with E-state index in [0.717, 1.165) is 11.3 Å². The van der Waals surface area contributed by atoms with Crippen LogP contribution in [0.25, 0.3) is 5.57 Å². The van der Waals surface area contributed by atoms with Crippen molar-refractivity contribution in [2.24, 2.45) is 0 Å². The number of rotatable bonds is 3. The third-order valence-electron chi connectivity index (χ3n) is 2.64. The van der Waals surface area contributed by atoms with E-state index in [2.05, 4.69) is 0 Å². The lowest BCUT2D eigenvalue weighted by Gasteiger charge is -2.14. The van der Waals surface area contributed by atoms with Gasteiger partial charge in [0.25, 0.3) is 0 Å². The van der Waals surface area contributed by atoms with E-state index in [-0.39, 0.29) is 5.57 Å². The number of nitriles is 2. The van der Waals surface area contributed by atoms with Crippen LogP contribution in [-0.4, -0.2) is 19.0 Å². The van der Waals surface area contributed by atoms with E-state index in [4.69, 9.17) is 10.5 Å². The van der Waals surface area contributed by atoms with Gasteiger partial charge in [0.15, 0.2) is 0 Å². The minimum Gasteiger partial charge on any atom is -0.381 e. The first-order valence-electron chi connectivity index (χ1n) is 5.55. The molecule has 1 aromatic carbocycles. The standard InChI is InChI=1S/C15H15N3/c1-12(18(2)3)9-15(14(10-16)11-17)13-7-5-4-6-8-13/h4-9H,1-3H3/b12-9+. The number of benzene rings is 1. The Balaban J connectivity index is 3.41.